The van der Waals surface area contributed by atoms with Crippen LogP contribution < -0.4 is 10.2 Å². The van der Waals surface area contributed by atoms with Gasteiger partial charge in [-0.15, -0.1) is 10.2 Å². The summed E-state index contributed by atoms with van der Waals surface area (Å²) in [6.07, 6.45) is 14.2. The highest BCUT2D eigenvalue weighted by Gasteiger charge is 2.29. The van der Waals surface area contributed by atoms with Gasteiger partial charge in [0.25, 0.3) is 5.78 Å². The first kappa shape index (κ1) is 62.1. The summed E-state index contributed by atoms with van der Waals surface area (Å²) in [4.78, 5) is 6.86. The largest absolute Gasteiger partial charge is 0.506 e. The summed E-state index contributed by atoms with van der Waals surface area (Å²) in [5.41, 5.74) is 15.6. The first-order chi connectivity index (χ1) is 46.8. The molecule has 5 aliphatic rings. The molecule has 5 fully saturated rings. The van der Waals surface area contributed by atoms with Crippen LogP contribution in [0.25, 0.3) is 93.6 Å². The van der Waals surface area contributed by atoms with Crippen molar-refractivity contribution in [2.24, 2.45) is 0 Å². The van der Waals surface area contributed by atoms with E-state index >= 15 is 0 Å². The summed E-state index contributed by atoms with van der Waals surface area (Å²) in [5, 5.41) is 30.7. The van der Waals surface area contributed by atoms with Gasteiger partial charge in [0.15, 0.2) is 16.7 Å². The van der Waals surface area contributed by atoms with Crippen molar-refractivity contribution in [1.29, 1.82) is 0 Å². The van der Waals surface area contributed by atoms with E-state index in [-0.39, 0.29) is 22.4 Å². The molecule has 10 aromatic carbocycles. The summed E-state index contributed by atoms with van der Waals surface area (Å²) in [5.74, 6) is 4.21. The molecule has 5 heterocycles. The number of fused-ring (bicyclic) bond motifs is 12. The molecule has 2 N–H and O–H groups in total. The average molecular weight is 1440 g/mol. The van der Waals surface area contributed by atoms with Crippen molar-refractivity contribution >= 4 is 157 Å². The smallest absolute Gasteiger partial charge is 0.257 e. The van der Waals surface area contributed by atoms with Crippen LogP contribution in [-0.2, 0) is 0 Å². The number of phenolic OH excluding ortho intramolecular Hbond substituents is 1. The van der Waals surface area contributed by atoms with Gasteiger partial charge >= 0.3 is 0 Å². The zero-order valence-corrected chi connectivity index (χ0v) is 57.0. The van der Waals surface area contributed by atoms with Crippen molar-refractivity contribution in [3.8, 4) is 16.9 Å². The molecule has 5 saturated carbocycles. The molecule has 0 amide bonds. The lowest BCUT2D eigenvalue weighted by Crippen LogP contribution is -2.13. The third-order valence-corrected chi connectivity index (χ3v) is 20.8. The highest BCUT2D eigenvalue weighted by Crippen LogP contribution is 2.48. The number of hydrogen-bond acceptors (Lipinski definition) is 9. The van der Waals surface area contributed by atoms with Gasteiger partial charge in [0.1, 0.15) is 46.3 Å². The monoisotopic (exact) mass is 1440 g/mol. The molecule has 5 aromatic heterocycles. The molecule has 0 bridgehead atoms. The van der Waals surface area contributed by atoms with Crippen LogP contribution in [0.15, 0.2) is 202 Å². The molecule has 20 rings (SSSR count). The molecular formula is C80H64Cl3F2IN6O4. The molecule has 0 radical (unpaired) electrons. The van der Waals surface area contributed by atoms with Crippen molar-refractivity contribution in [3.05, 3.63) is 246 Å². The number of para-hydroxylation sites is 4. The van der Waals surface area contributed by atoms with Crippen molar-refractivity contribution < 1.29 is 27.1 Å². The van der Waals surface area contributed by atoms with Gasteiger partial charge in [-0.1, -0.05) is 138 Å². The standard InChI is InChI=1S/C25H18ClN5O.C16H15NO.C15H12ClFO.C15H11ClO.C9H8FI/c1-30(24-19-10-8-16(26)12-21(19)31-13-27-29-25(31)28-24)20-4-2-3-18-17-9-7-15(14-5-6-14)11-22(17)32-23(18)20;1-17-14-4-2-3-13-12-8-7-11(10-5-6-10)9-15(12)18-16(13)14;16-13-3-1-2-12(15(13)18)11-7-6-10(8-14(11)17)9-4-5-9;16-13-3-1-2-12-11-7-6-10(9-4-5-9)8-14(11)17-15(12)13;10-8-5-7(6-1-2-6)3-4-9(8)11/h2-4,7-14H,5-6H2,1H3;2-4,7-10,17H,5-6H2,1H3;1-3,6-9,18H,4-5H2;1-3,6-9H,4-5H2;3-6H,1-2H2. The van der Waals surface area contributed by atoms with Crippen LogP contribution in [0.4, 0.5) is 26.0 Å². The van der Waals surface area contributed by atoms with Gasteiger partial charge < -0.3 is 28.6 Å². The number of rotatable bonds is 9. The highest BCUT2D eigenvalue weighted by molar-refractivity contribution is 14.1. The molecule has 10 nitrogen and oxygen atoms in total. The fourth-order valence-corrected chi connectivity index (χ4v) is 14.0. The number of hydrogen-bond donors (Lipinski definition) is 2. The van der Waals surface area contributed by atoms with Gasteiger partial charge in [-0.25, -0.2) is 8.78 Å². The molecule has 0 aliphatic heterocycles. The van der Waals surface area contributed by atoms with Crippen molar-refractivity contribution in [1.82, 2.24) is 19.6 Å². The van der Waals surface area contributed by atoms with Gasteiger partial charge in [0.2, 0.25) is 0 Å². The lowest BCUT2D eigenvalue weighted by molar-refractivity contribution is 0.477. The predicted octanol–water partition coefficient (Wildman–Crippen LogP) is 24.1. The summed E-state index contributed by atoms with van der Waals surface area (Å²) < 4.78 is 47.9. The van der Waals surface area contributed by atoms with E-state index in [0.717, 1.165) is 113 Å². The van der Waals surface area contributed by atoms with E-state index in [1.165, 1.54) is 84.4 Å². The number of anilines is 3. The summed E-state index contributed by atoms with van der Waals surface area (Å²) >= 11 is 20.3. The van der Waals surface area contributed by atoms with E-state index in [4.69, 9.17) is 53.0 Å². The maximum absolute atomic E-state index is 14.1. The fourth-order valence-electron chi connectivity index (χ4n) is 13.1. The van der Waals surface area contributed by atoms with Crippen LogP contribution in [0.1, 0.15) is 122 Å². The molecule has 96 heavy (non-hydrogen) atoms. The normalized spacial score (nSPS) is 15.1. The second kappa shape index (κ2) is 25.7. The molecule has 0 unspecified atom stereocenters. The lowest BCUT2D eigenvalue weighted by Gasteiger charge is -2.20. The molecule has 15 aromatic rings. The van der Waals surface area contributed by atoms with Gasteiger partial charge in [-0.05, 0) is 223 Å². The van der Waals surface area contributed by atoms with Gasteiger partial charge in [0, 0.05) is 71.5 Å². The summed E-state index contributed by atoms with van der Waals surface area (Å²) in [7, 11) is 3.93. The average Bonchev–Trinajstić information content (AvgIpc) is 1.74. The third-order valence-electron chi connectivity index (χ3n) is 19.1. The molecule has 0 saturated heterocycles. The molecule has 5 aliphatic carbocycles. The van der Waals surface area contributed by atoms with Crippen molar-refractivity contribution in [2.75, 3.05) is 24.3 Å². The van der Waals surface area contributed by atoms with E-state index < -0.39 is 0 Å². The highest BCUT2D eigenvalue weighted by atomic mass is 127. The quantitative estimate of drug-likeness (QED) is 0.136. The van der Waals surface area contributed by atoms with E-state index in [1.54, 1.807) is 42.7 Å². The van der Waals surface area contributed by atoms with Gasteiger partial charge in [-0.2, -0.15) is 4.98 Å². The Bertz CT molecular complexity index is 5510. The van der Waals surface area contributed by atoms with E-state index in [9.17, 15) is 13.9 Å². The van der Waals surface area contributed by atoms with Crippen molar-refractivity contribution in [2.45, 2.75) is 93.8 Å². The number of halogens is 6. The van der Waals surface area contributed by atoms with E-state index in [2.05, 4.69) is 111 Å². The van der Waals surface area contributed by atoms with E-state index in [0.29, 0.717) is 48.3 Å². The molecular weight excluding hydrogens is 1380 g/mol. The minimum absolute atomic E-state index is 0.0720. The maximum atomic E-state index is 14.1. The number of aromatic hydroxyl groups is 1. The summed E-state index contributed by atoms with van der Waals surface area (Å²) in [6.45, 7) is 0. The fraction of sp³-hybridized carbons (Fsp3) is 0.212. The predicted molar refractivity (Wildman–Crippen MR) is 395 cm³/mol. The first-order valence-electron chi connectivity index (χ1n) is 32.7. The molecule has 16 heteroatoms. The second-order valence-electron chi connectivity index (χ2n) is 25.9. The van der Waals surface area contributed by atoms with Crippen LogP contribution in [0.2, 0.25) is 15.1 Å². The number of nitrogens with zero attached hydrogens (tertiary/aromatic N) is 5. The van der Waals surface area contributed by atoms with Crippen LogP contribution in [0, 0.1) is 15.2 Å². The Balaban J connectivity index is 0.0000000988. The summed E-state index contributed by atoms with van der Waals surface area (Å²) in [6, 6.07) is 59.7. The van der Waals surface area contributed by atoms with Crippen LogP contribution >= 0.6 is 57.4 Å². The Kier molecular flexibility index (Phi) is 16.6. The minimum Gasteiger partial charge on any atom is -0.506 e. The molecule has 480 valence electrons. The Labute approximate surface area is 580 Å². The molecule has 0 atom stereocenters. The number of phenols is 1. The topological polar surface area (TPSA) is 118 Å². The van der Waals surface area contributed by atoms with Gasteiger partial charge in [-0.3, -0.25) is 4.40 Å². The Morgan fingerprint density at radius 2 is 0.979 bits per heavy atom. The SMILES string of the molecule is CN(c1nc2nncn2c2cc(Cl)ccc12)c1cccc2c1oc1cc(C3CC3)ccc12.CNc1cccc2c1oc1cc(C3CC3)ccc12.Clc1cccc2c1oc1cc(C3CC3)ccc12.Fc1cc(C2CC2)ccc1I.Oc1c(Cl)cccc1-c1ccc(C2CC2)cc1F. The van der Waals surface area contributed by atoms with Gasteiger partial charge in [0.05, 0.1) is 26.9 Å². The second-order valence-corrected chi connectivity index (χ2v) is 28.3. The molecule has 0 spiro atoms. The number of aromatic nitrogens is 4. The zero-order valence-electron chi connectivity index (χ0n) is 52.5. The van der Waals surface area contributed by atoms with Crippen LogP contribution in [0.3, 0.4) is 0 Å². The Hall–Kier alpha value is -8.73. The Morgan fingerprint density at radius 3 is 1.55 bits per heavy atom. The number of benzene rings is 10. The third kappa shape index (κ3) is 12.5. The Morgan fingerprint density at radius 1 is 0.500 bits per heavy atom. The lowest BCUT2D eigenvalue weighted by atomic mass is 10.0. The van der Waals surface area contributed by atoms with E-state index in [1.807, 2.05) is 95.7 Å². The number of furan rings is 3. The number of nitrogens with one attached hydrogen (secondary N) is 1. The van der Waals surface area contributed by atoms with Crippen molar-refractivity contribution in [3.63, 3.8) is 0 Å². The minimum atomic E-state index is -0.308. The zero-order chi connectivity index (χ0) is 65.5. The van der Waals surface area contributed by atoms with Crippen LogP contribution in [0.5, 0.6) is 5.75 Å². The first-order valence-corrected chi connectivity index (χ1v) is 35.0. The maximum Gasteiger partial charge on any atom is 0.257 e. The van der Waals surface area contributed by atoms with Crippen LogP contribution in [-0.4, -0.2) is 38.8 Å².